The minimum absolute atomic E-state index is 0.178. The number of methoxy groups -OCH3 is 1. The van der Waals surface area contributed by atoms with Crippen molar-refractivity contribution in [3.8, 4) is 0 Å². The van der Waals surface area contributed by atoms with Gasteiger partial charge in [-0.25, -0.2) is 9.18 Å². The van der Waals surface area contributed by atoms with Gasteiger partial charge in [0.25, 0.3) is 0 Å². The van der Waals surface area contributed by atoms with Gasteiger partial charge in [-0.05, 0) is 80.6 Å². The zero-order valence-electron chi connectivity index (χ0n) is 16.8. The molecule has 3 nitrogen and oxygen atoms in total. The predicted molar refractivity (Wildman–Crippen MR) is 111 cm³/mol. The van der Waals surface area contributed by atoms with Gasteiger partial charge in [0.1, 0.15) is 5.82 Å². The van der Waals surface area contributed by atoms with Crippen LogP contribution in [0.4, 0.5) is 4.39 Å². The van der Waals surface area contributed by atoms with Crippen LogP contribution in [0.5, 0.6) is 0 Å². The molecule has 0 saturated heterocycles. The Kier molecular flexibility index (Phi) is 6.63. The quantitative estimate of drug-likeness (QED) is 0.672. The van der Waals surface area contributed by atoms with Crippen LogP contribution in [0.15, 0.2) is 54.1 Å². The fourth-order valence-electron chi connectivity index (χ4n) is 4.18. The lowest BCUT2D eigenvalue weighted by atomic mass is 9.73. The standard InChI is InChI=1S/C24H28FNO2/c1-26(2)16-21-11-10-18(14-23(21)19-7-5-9-22(25)15-19)12-17-6-4-8-20(13-17)24(27)28-3/h4-9,12-13,15,21,23H,10-11,14,16H2,1-3H3/b18-12-/t21-,23-/m1/s1. The van der Waals surface area contributed by atoms with Gasteiger partial charge in [-0.15, -0.1) is 0 Å². The first-order chi connectivity index (χ1) is 13.5. The van der Waals surface area contributed by atoms with Gasteiger partial charge in [0.2, 0.25) is 0 Å². The van der Waals surface area contributed by atoms with E-state index in [2.05, 4.69) is 25.1 Å². The molecule has 0 N–H and O–H groups in total. The summed E-state index contributed by atoms with van der Waals surface area (Å²) < 4.78 is 18.7. The average Bonchev–Trinajstić information content (AvgIpc) is 2.68. The van der Waals surface area contributed by atoms with Gasteiger partial charge < -0.3 is 9.64 Å². The molecule has 0 spiro atoms. The molecule has 0 aromatic heterocycles. The van der Waals surface area contributed by atoms with Crippen LogP contribution >= 0.6 is 0 Å². The number of esters is 1. The predicted octanol–water partition coefficient (Wildman–Crippen LogP) is 5.14. The van der Waals surface area contributed by atoms with E-state index < -0.39 is 0 Å². The van der Waals surface area contributed by atoms with Crippen LogP contribution in [-0.2, 0) is 4.74 Å². The summed E-state index contributed by atoms with van der Waals surface area (Å²) in [6.45, 7) is 0.992. The molecule has 148 valence electrons. The summed E-state index contributed by atoms with van der Waals surface area (Å²) in [7, 11) is 5.57. The summed E-state index contributed by atoms with van der Waals surface area (Å²) in [5.41, 5.74) is 3.97. The highest BCUT2D eigenvalue weighted by molar-refractivity contribution is 5.90. The van der Waals surface area contributed by atoms with E-state index in [1.807, 2.05) is 24.3 Å². The number of ether oxygens (including phenoxy) is 1. The van der Waals surface area contributed by atoms with Crippen molar-refractivity contribution in [2.75, 3.05) is 27.7 Å². The molecular formula is C24H28FNO2. The number of hydrogen-bond donors (Lipinski definition) is 0. The number of benzene rings is 2. The van der Waals surface area contributed by atoms with E-state index in [1.54, 1.807) is 18.2 Å². The third kappa shape index (κ3) is 5.08. The van der Waals surface area contributed by atoms with Gasteiger partial charge in [0.05, 0.1) is 12.7 Å². The monoisotopic (exact) mass is 381 g/mol. The average molecular weight is 381 g/mol. The zero-order chi connectivity index (χ0) is 20.1. The van der Waals surface area contributed by atoms with Crippen LogP contribution < -0.4 is 0 Å². The molecule has 4 heteroatoms. The number of carbonyl (C=O) groups excluding carboxylic acids is 1. The van der Waals surface area contributed by atoms with Crippen LogP contribution in [-0.4, -0.2) is 38.6 Å². The van der Waals surface area contributed by atoms with E-state index in [0.29, 0.717) is 17.4 Å². The number of carbonyl (C=O) groups is 1. The third-order valence-electron chi connectivity index (χ3n) is 5.44. The molecule has 0 unspecified atom stereocenters. The maximum Gasteiger partial charge on any atom is 0.337 e. The number of hydrogen-bond acceptors (Lipinski definition) is 3. The maximum atomic E-state index is 13.8. The van der Waals surface area contributed by atoms with Crippen LogP contribution in [0, 0.1) is 11.7 Å². The molecule has 0 radical (unpaired) electrons. The lowest BCUT2D eigenvalue weighted by molar-refractivity contribution is 0.0600. The number of allylic oxidation sites excluding steroid dienone is 1. The number of halogens is 1. The smallest absolute Gasteiger partial charge is 0.337 e. The largest absolute Gasteiger partial charge is 0.465 e. The van der Waals surface area contributed by atoms with Crippen molar-refractivity contribution in [1.82, 2.24) is 4.90 Å². The molecule has 1 aliphatic carbocycles. The Morgan fingerprint density at radius 1 is 1.21 bits per heavy atom. The van der Waals surface area contributed by atoms with Crippen LogP contribution in [0.1, 0.15) is 46.7 Å². The Morgan fingerprint density at radius 3 is 2.71 bits per heavy atom. The van der Waals surface area contributed by atoms with Crippen molar-refractivity contribution in [3.05, 3.63) is 76.6 Å². The van der Waals surface area contributed by atoms with E-state index >= 15 is 0 Å². The Morgan fingerprint density at radius 2 is 2.00 bits per heavy atom. The molecule has 2 aromatic carbocycles. The van der Waals surface area contributed by atoms with Crippen molar-refractivity contribution in [2.24, 2.45) is 5.92 Å². The molecule has 1 fully saturated rings. The van der Waals surface area contributed by atoms with Crippen molar-refractivity contribution in [1.29, 1.82) is 0 Å². The van der Waals surface area contributed by atoms with E-state index in [0.717, 1.165) is 36.9 Å². The molecule has 0 heterocycles. The third-order valence-corrected chi connectivity index (χ3v) is 5.44. The summed E-state index contributed by atoms with van der Waals surface area (Å²) in [5.74, 6) is 0.285. The second-order valence-electron chi connectivity index (χ2n) is 7.85. The normalized spacial score (nSPS) is 21.1. The molecule has 2 aromatic rings. The highest BCUT2D eigenvalue weighted by Gasteiger charge is 2.29. The second-order valence-corrected chi connectivity index (χ2v) is 7.85. The Labute approximate surface area is 166 Å². The topological polar surface area (TPSA) is 29.5 Å². The fraction of sp³-hybridized carbons (Fsp3) is 0.375. The lowest BCUT2D eigenvalue weighted by Crippen LogP contribution is -2.29. The first kappa shape index (κ1) is 20.3. The van der Waals surface area contributed by atoms with E-state index in [1.165, 1.54) is 18.7 Å². The molecule has 0 amide bonds. The van der Waals surface area contributed by atoms with E-state index in [4.69, 9.17) is 4.74 Å². The summed E-state index contributed by atoms with van der Waals surface area (Å²) >= 11 is 0. The van der Waals surface area contributed by atoms with Crippen molar-refractivity contribution in [2.45, 2.75) is 25.2 Å². The molecule has 1 saturated carbocycles. The molecule has 0 bridgehead atoms. The lowest BCUT2D eigenvalue weighted by Gasteiger charge is -2.35. The molecule has 2 atom stereocenters. The molecule has 0 aliphatic heterocycles. The Hall–Kier alpha value is -2.46. The van der Waals surface area contributed by atoms with Crippen LogP contribution in [0.25, 0.3) is 6.08 Å². The first-order valence-electron chi connectivity index (χ1n) is 9.74. The van der Waals surface area contributed by atoms with Gasteiger partial charge >= 0.3 is 5.97 Å². The first-order valence-corrected chi connectivity index (χ1v) is 9.74. The second kappa shape index (κ2) is 9.16. The van der Waals surface area contributed by atoms with Crippen molar-refractivity contribution >= 4 is 12.0 Å². The minimum atomic E-state index is -0.326. The van der Waals surface area contributed by atoms with Crippen molar-refractivity contribution < 1.29 is 13.9 Å². The summed E-state index contributed by atoms with van der Waals surface area (Å²) in [4.78, 5) is 14.0. The van der Waals surface area contributed by atoms with E-state index in [-0.39, 0.29) is 11.8 Å². The molecular weight excluding hydrogens is 353 g/mol. The molecule has 1 aliphatic rings. The highest BCUT2D eigenvalue weighted by atomic mass is 19.1. The SMILES string of the molecule is COC(=O)c1cccc(/C=C2/CC[C@H](CN(C)C)[C@@H](c3cccc(F)c3)C2)c1. The maximum absolute atomic E-state index is 13.8. The zero-order valence-corrected chi connectivity index (χ0v) is 16.8. The van der Waals surface area contributed by atoms with Crippen LogP contribution in [0.3, 0.4) is 0 Å². The number of nitrogens with zero attached hydrogens (tertiary/aromatic N) is 1. The fourth-order valence-corrected chi connectivity index (χ4v) is 4.18. The van der Waals surface area contributed by atoms with E-state index in [9.17, 15) is 9.18 Å². The van der Waals surface area contributed by atoms with Gasteiger partial charge in [0.15, 0.2) is 0 Å². The molecule has 28 heavy (non-hydrogen) atoms. The van der Waals surface area contributed by atoms with Gasteiger partial charge in [0, 0.05) is 6.54 Å². The Bertz CT molecular complexity index is 859. The minimum Gasteiger partial charge on any atom is -0.465 e. The number of rotatable bonds is 5. The molecule has 3 rings (SSSR count). The van der Waals surface area contributed by atoms with Gasteiger partial charge in [-0.3, -0.25) is 0 Å². The van der Waals surface area contributed by atoms with Crippen molar-refractivity contribution in [3.63, 3.8) is 0 Å². The van der Waals surface area contributed by atoms with Gasteiger partial charge in [-0.2, -0.15) is 0 Å². The summed E-state index contributed by atoms with van der Waals surface area (Å²) in [5, 5.41) is 0. The Balaban J connectivity index is 1.86. The summed E-state index contributed by atoms with van der Waals surface area (Å²) in [6.07, 6.45) is 5.17. The highest BCUT2D eigenvalue weighted by Crippen LogP contribution is 2.41. The summed E-state index contributed by atoms with van der Waals surface area (Å²) in [6, 6.07) is 14.5. The van der Waals surface area contributed by atoms with Gasteiger partial charge in [-0.1, -0.05) is 35.9 Å². The van der Waals surface area contributed by atoms with Crippen LogP contribution in [0.2, 0.25) is 0 Å².